The molecule has 1 radical (unpaired) electrons. The summed E-state index contributed by atoms with van der Waals surface area (Å²) in [5.74, 6) is 0.253. The van der Waals surface area contributed by atoms with Crippen LogP contribution in [0.4, 0.5) is 4.79 Å². The van der Waals surface area contributed by atoms with Crippen molar-refractivity contribution in [1.29, 1.82) is 5.41 Å². The predicted octanol–water partition coefficient (Wildman–Crippen LogP) is 5.32. The van der Waals surface area contributed by atoms with Gasteiger partial charge < -0.3 is 20.1 Å². The van der Waals surface area contributed by atoms with Crippen LogP contribution in [0.2, 0.25) is 0 Å². The Hall–Kier alpha value is -4.38. The molecule has 4 N–H and O–H groups in total. The van der Waals surface area contributed by atoms with E-state index >= 15 is 0 Å². The first-order valence-corrected chi connectivity index (χ1v) is 17.0. The molecule has 0 unspecified atom stereocenters. The van der Waals surface area contributed by atoms with Gasteiger partial charge in [0.25, 0.3) is 10.0 Å². The Balaban J connectivity index is 1.10. The molecule has 11 heteroatoms. The summed E-state index contributed by atoms with van der Waals surface area (Å²) in [5.41, 5.74) is 6.94. The fourth-order valence-electron chi connectivity index (χ4n) is 6.44. The molecule has 46 heavy (non-hydrogen) atoms. The number of rotatable bonds is 10. The van der Waals surface area contributed by atoms with Crippen LogP contribution in [0.5, 0.6) is 5.75 Å². The minimum atomic E-state index is -4.06. The topological polar surface area (TPSA) is 147 Å². The first-order valence-electron chi connectivity index (χ1n) is 15.5. The third-order valence-corrected chi connectivity index (χ3v) is 10.5. The van der Waals surface area contributed by atoms with E-state index in [1.54, 1.807) is 13.8 Å². The second kappa shape index (κ2) is 13.2. The van der Waals surface area contributed by atoms with Crippen molar-refractivity contribution in [2.75, 3.05) is 13.2 Å². The van der Waals surface area contributed by atoms with Gasteiger partial charge in [0.15, 0.2) is 0 Å². The monoisotopic (exact) mass is 645 g/mol. The number of fused-ring (bicyclic) bond motifs is 4. The highest BCUT2D eigenvalue weighted by molar-refractivity contribution is 7.90. The maximum Gasteiger partial charge on any atom is 0.407 e. The zero-order chi connectivity index (χ0) is 33.2. The van der Waals surface area contributed by atoms with E-state index < -0.39 is 22.2 Å². The quantitative estimate of drug-likeness (QED) is 0.133. The maximum absolute atomic E-state index is 13.4. The number of guanidine groups is 1. The minimum Gasteiger partial charge on any atom is -0.487 e. The second-order valence-corrected chi connectivity index (χ2v) is 14.2. The number of nitrogens with one attached hydrogen (secondary N) is 4. The number of carbonyl (C=O) groups excluding carboxylic acids is 2. The first-order chi connectivity index (χ1) is 21.8. The van der Waals surface area contributed by atoms with E-state index in [4.69, 9.17) is 14.9 Å². The van der Waals surface area contributed by atoms with Crippen LogP contribution in [-0.2, 0) is 26.0 Å². The zero-order valence-electron chi connectivity index (χ0n) is 26.9. The summed E-state index contributed by atoms with van der Waals surface area (Å²) in [5, 5.41) is 13.5. The second-order valence-electron chi connectivity index (χ2n) is 12.6. The molecular weight excluding hydrogens is 604 g/mol. The highest BCUT2D eigenvalue weighted by Crippen LogP contribution is 2.45. The van der Waals surface area contributed by atoms with Crippen LogP contribution >= 0.6 is 0 Å². The van der Waals surface area contributed by atoms with Gasteiger partial charge in [0.1, 0.15) is 18.0 Å². The molecule has 0 saturated carbocycles. The third kappa shape index (κ3) is 6.74. The van der Waals surface area contributed by atoms with Crippen LogP contribution in [0.3, 0.4) is 0 Å². The number of hydrogen-bond donors (Lipinski definition) is 4. The highest BCUT2D eigenvalue weighted by Gasteiger charge is 2.34. The molecular formula is C35H41N4O6S. The molecule has 243 valence electrons. The van der Waals surface area contributed by atoms with Gasteiger partial charge in [-0.15, -0.1) is 0 Å². The summed E-state index contributed by atoms with van der Waals surface area (Å²) in [4.78, 5) is 24.3. The van der Waals surface area contributed by atoms with E-state index in [2.05, 4.69) is 27.5 Å². The minimum absolute atomic E-state index is 0.103. The van der Waals surface area contributed by atoms with Crippen LogP contribution < -0.4 is 20.1 Å². The lowest BCUT2D eigenvalue weighted by molar-refractivity contribution is 0.0832. The molecule has 0 bridgehead atoms. The van der Waals surface area contributed by atoms with E-state index in [0.29, 0.717) is 24.0 Å². The Kier molecular flexibility index (Phi) is 9.44. The van der Waals surface area contributed by atoms with Crippen molar-refractivity contribution in [2.45, 2.75) is 82.8 Å². The van der Waals surface area contributed by atoms with Gasteiger partial charge in [0, 0.05) is 12.5 Å². The van der Waals surface area contributed by atoms with Crippen molar-refractivity contribution in [3.05, 3.63) is 81.9 Å². The van der Waals surface area contributed by atoms with E-state index in [0.717, 1.165) is 45.6 Å². The largest absolute Gasteiger partial charge is 0.487 e. The summed E-state index contributed by atoms with van der Waals surface area (Å²) in [6, 6.07) is 15.1. The molecule has 1 amide bonds. The molecule has 3 aromatic carbocycles. The van der Waals surface area contributed by atoms with Gasteiger partial charge in [-0.3, -0.25) is 10.2 Å². The number of sulfonamides is 1. The van der Waals surface area contributed by atoms with Crippen molar-refractivity contribution < 1.29 is 27.5 Å². The van der Waals surface area contributed by atoms with Gasteiger partial charge in [-0.05, 0) is 105 Å². The highest BCUT2D eigenvalue weighted by atomic mass is 32.2. The van der Waals surface area contributed by atoms with Crippen LogP contribution in [0.25, 0.3) is 11.1 Å². The molecule has 0 aromatic heterocycles. The van der Waals surface area contributed by atoms with Crippen molar-refractivity contribution in [3.8, 4) is 16.9 Å². The Morgan fingerprint density at radius 2 is 1.67 bits per heavy atom. The molecule has 0 fully saturated rings. The van der Waals surface area contributed by atoms with Gasteiger partial charge in [0.2, 0.25) is 12.2 Å². The van der Waals surface area contributed by atoms with Gasteiger partial charge in [0.05, 0.1) is 10.9 Å². The molecule has 1 heterocycles. The smallest absolute Gasteiger partial charge is 0.407 e. The predicted molar refractivity (Wildman–Crippen MR) is 177 cm³/mol. The lowest BCUT2D eigenvalue weighted by Gasteiger charge is -2.35. The summed E-state index contributed by atoms with van der Waals surface area (Å²) in [7, 11) is -4.06. The zero-order valence-corrected chi connectivity index (χ0v) is 27.7. The molecule has 5 rings (SSSR count). The van der Waals surface area contributed by atoms with Gasteiger partial charge in [-0.1, -0.05) is 48.5 Å². The van der Waals surface area contributed by atoms with Crippen molar-refractivity contribution in [1.82, 2.24) is 15.4 Å². The van der Waals surface area contributed by atoms with Gasteiger partial charge >= 0.3 is 6.09 Å². The lowest BCUT2D eigenvalue weighted by atomic mass is 9.88. The molecule has 10 nitrogen and oxygen atoms in total. The molecule has 1 aliphatic carbocycles. The standard InChI is InChI=1S/C35H41N4O6S/c1-21-22(2)32(23(3)25-16-17-35(4,5)45-31(21)25)46(42,43)39-33(36)37-18-10-11-24(19-40)38-34(41)44-20-30-28-14-8-6-12-26(28)27-13-7-9-15-29(27)30/h6-9,12-15,24,30H,10-11,16-18,20H2,1-5H3,(H,38,41)(H3,36,37,39)/t24-/m1/s1. The van der Waals surface area contributed by atoms with Crippen LogP contribution in [0.1, 0.15) is 72.4 Å². The van der Waals surface area contributed by atoms with E-state index in [-0.39, 0.29) is 41.9 Å². The Labute approximate surface area is 270 Å². The normalized spacial score (nSPS) is 15.4. The first kappa shape index (κ1) is 33.0. The van der Waals surface area contributed by atoms with E-state index in [1.807, 2.05) is 63.5 Å². The SMILES string of the molecule is Cc1c(C)c(S(=O)(=O)NC(=N)NCCC[C@H]([C]=O)NC(=O)OCC2c3ccccc3-c3ccccc32)c(C)c2c1OC(C)(C)CC2. The summed E-state index contributed by atoms with van der Waals surface area (Å²) >= 11 is 0. The van der Waals surface area contributed by atoms with Gasteiger partial charge in [-0.2, -0.15) is 0 Å². The number of ether oxygens (including phenoxy) is 2. The Bertz CT molecular complexity index is 1740. The Morgan fingerprint density at radius 3 is 2.30 bits per heavy atom. The number of hydrogen-bond acceptors (Lipinski definition) is 7. The number of benzene rings is 3. The number of alkyl carbamates (subject to hydrolysis) is 1. The van der Waals surface area contributed by atoms with Crippen LogP contribution in [0.15, 0.2) is 53.4 Å². The third-order valence-electron chi connectivity index (χ3n) is 8.92. The molecule has 1 atom stereocenters. The van der Waals surface area contributed by atoms with Crippen LogP contribution in [0, 0.1) is 26.2 Å². The van der Waals surface area contributed by atoms with Crippen molar-refractivity contribution in [3.63, 3.8) is 0 Å². The number of amides is 1. The van der Waals surface area contributed by atoms with Crippen LogP contribution in [-0.4, -0.2) is 51.6 Å². The van der Waals surface area contributed by atoms with E-state index in [1.165, 1.54) is 0 Å². The van der Waals surface area contributed by atoms with Gasteiger partial charge in [-0.25, -0.2) is 17.9 Å². The fourth-order valence-corrected chi connectivity index (χ4v) is 7.96. The summed E-state index contributed by atoms with van der Waals surface area (Å²) in [6.45, 7) is 9.73. The fraction of sp³-hybridized carbons (Fsp3) is 0.400. The average molecular weight is 646 g/mol. The molecule has 0 spiro atoms. The average Bonchev–Trinajstić information content (AvgIpc) is 3.33. The molecule has 0 saturated heterocycles. The van der Waals surface area contributed by atoms with E-state index in [9.17, 15) is 18.0 Å². The molecule has 1 aliphatic heterocycles. The summed E-state index contributed by atoms with van der Waals surface area (Å²) < 4.78 is 40.9. The Morgan fingerprint density at radius 1 is 1.04 bits per heavy atom. The maximum atomic E-state index is 13.4. The number of carbonyl (C=O) groups is 1. The molecule has 2 aliphatic rings. The van der Waals surface area contributed by atoms with Crippen molar-refractivity contribution in [2.24, 2.45) is 0 Å². The summed E-state index contributed by atoms with van der Waals surface area (Å²) in [6.07, 6.45) is 3.15. The van der Waals surface area contributed by atoms with Crippen molar-refractivity contribution >= 4 is 28.4 Å². The molecule has 3 aromatic rings. The lowest BCUT2D eigenvalue weighted by Crippen LogP contribution is -2.42.